The topological polar surface area (TPSA) is 75.7 Å². The Balaban J connectivity index is 1.77. The van der Waals surface area contributed by atoms with E-state index in [0.29, 0.717) is 39.1 Å². The Morgan fingerprint density at radius 2 is 1.85 bits per heavy atom. The van der Waals surface area contributed by atoms with Crippen LogP contribution in [0.4, 0.5) is 0 Å². The van der Waals surface area contributed by atoms with Crippen molar-refractivity contribution in [1.29, 1.82) is 0 Å². The van der Waals surface area contributed by atoms with Crippen LogP contribution in [0.1, 0.15) is 46.1 Å². The molecular weight excluding hydrogens is 364 g/mol. The summed E-state index contributed by atoms with van der Waals surface area (Å²) in [5, 5.41) is 2.92. The third-order valence-electron chi connectivity index (χ3n) is 4.94. The van der Waals surface area contributed by atoms with Crippen LogP contribution in [0.3, 0.4) is 0 Å². The lowest BCUT2D eigenvalue weighted by atomic mass is 9.86. The lowest BCUT2D eigenvalue weighted by Crippen LogP contribution is -2.44. The van der Waals surface area contributed by atoms with Crippen molar-refractivity contribution in [2.45, 2.75) is 46.0 Å². The van der Waals surface area contributed by atoms with E-state index in [1.807, 2.05) is 18.2 Å². The van der Waals surface area contributed by atoms with E-state index in [4.69, 9.17) is 4.74 Å². The minimum atomic E-state index is -3.16. The minimum Gasteiger partial charge on any atom is -0.491 e. The normalized spacial score (nSPS) is 16.9. The fourth-order valence-corrected chi connectivity index (χ4v) is 4.40. The van der Waals surface area contributed by atoms with E-state index in [0.717, 1.165) is 11.3 Å². The molecule has 7 heteroatoms. The number of piperidine rings is 1. The first kappa shape index (κ1) is 21.7. The maximum atomic E-state index is 12.3. The first-order valence-corrected chi connectivity index (χ1v) is 11.2. The van der Waals surface area contributed by atoms with Crippen molar-refractivity contribution in [3.05, 3.63) is 29.8 Å². The molecule has 1 aromatic carbocycles. The quantitative estimate of drug-likeness (QED) is 0.719. The summed E-state index contributed by atoms with van der Waals surface area (Å²) in [7, 11) is -3.16. The molecule has 0 atom stereocenters. The van der Waals surface area contributed by atoms with Gasteiger partial charge in [0.25, 0.3) is 0 Å². The number of hydrogen-bond donors (Lipinski definition) is 1. The molecule has 1 saturated heterocycles. The van der Waals surface area contributed by atoms with E-state index in [2.05, 4.69) is 32.2 Å². The second-order valence-electron chi connectivity index (χ2n) is 7.96. The molecule has 0 radical (unpaired) electrons. The second kappa shape index (κ2) is 9.06. The Morgan fingerprint density at radius 1 is 1.22 bits per heavy atom. The molecule has 1 aromatic rings. The Morgan fingerprint density at radius 3 is 2.44 bits per heavy atom. The first-order chi connectivity index (χ1) is 12.6. The molecule has 0 spiro atoms. The highest BCUT2D eigenvalue weighted by molar-refractivity contribution is 7.89. The number of carbonyl (C=O) groups is 1. The number of carbonyl (C=O) groups excluding carboxylic acids is 1. The van der Waals surface area contributed by atoms with Crippen LogP contribution in [0.15, 0.2) is 24.3 Å². The lowest BCUT2D eigenvalue weighted by molar-refractivity contribution is -0.126. The molecule has 0 unspecified atom stereocenters. The fourth-order valence-electron chi connectivity index (χ4n) is 3.27. The molecule has 1 amide bonds. The van der Waals surface area contributed by atoms with Gasteiger partial charge in [0.1, 0.15) is 12.4 Å². The van der Waals surface area contributed by atoms with E-state index in [1.165, 1.54) is 4.31 Å². The van der Waals surface area contributed by atoms with Crippen LogP contribution in [0.2, 0.25) is 0 Å². The zero-order valence-electron chi connectivity index (χ0n) is 16.8. The highest BCUT2D eigenvalue weighted by Gasteiger charge is 2.30. The van der Waals surface area contributed by atoms with E-state index < -0.39 is 10.0 Å². The summed E-state index contributed by atoms with van der Waals surface area (Å²) in [5.74, 6) is 0.806. The molecule has 0 bridgehead atoms. The number of nitrogens with one attached hydrogen (secondary N) is 1. The molecule has 2 rings (SSSR count). The predicted octanol–water partition coefficient (Wildman–Crippen LogP) is 2.54. The standard InChI is InChI=1S/C20H32N2O4S/c1-5-27(24,25)22-13-10-16(11-14-22)19(23)21-12-15-26-18-9-7-6-8-17(18)20(2,3)4/h6-9,16H,5,10-15H2,1-4H3,(H,21,23). The van der Waals surface area contributed by atoms with Gasteiger partial charge in [-0.3, -0.25) is 4.79 Å². The largest absolute Gasteiger partial charge is 0.491 e. The molecule has 0 saturated carbocycles. The number of para-hydroxylation sites is 1. The molecular formula is C20H32N2O4S. The van der Waals surface area contributed by atoms with E-state index in [1.54, 1.807) is 6.92 Å². The number of amides is 1. The molecule has 27 heavy (non-hydrogen) atoms. The average Bonchev–Trinajstić information content (AvgIpc) is 2.64. The lowest BCUT2D eigenvalue weighted by Gasteiger charge is -2.30. The van der Waals surface area contributed by atoms with Crippen LogP contribution < -0.4 is 10.1 Å². The average molecular weight is 397 g/mol. The Labute approximate surface area is 163 Å². The number of ether oxygens (including phenoxy) is 1. The molecule has 0 aromatic heterocycles. The molecule has 152 valence electrons. The molecule has 1 N–H and O–H groups in total. The minimum absolute atomic E-state index is 0.00730. The Hall–Kier alpha value is -1.60. The SMILES string of the molecule is CCS(=O)(=O)N1CCC(C(=O)NCCOc2ccccc2C(C)(C)C)CC1. The third-order valence-corrected chi connectivity index (χ3v) is 6.82. The van der Waals surface area contributed by atoms with Crippen molar-refractivity contribution in [1.82, 2.24) is 9.62 Å². The van der Waals surface area contributed by atoms with Crippen LogP contribution in [0, 0.1) is 5.92 Å². The highest BCUT2D eigenvalue weighted by Crippen LogP contribution is 2.30. The summed E-state index contributed by atoms with van der Waals surface area (Å²) in [5.41, 5.74) is 1.13. The highest BCUT2D eigenvalue weighted by atomic mass is 32.2. The zero-order valence-corrected chi connectivity index (χ0v) is 17.6. The maximum absolute atomic E-state index is 12.3. The first-order valence-electron chi connectivity index (χ1n) is 9.63. The number of rotatable bonds is 7. The van der Waals surface area contributed by atoms with Gasteiger partial charge in [-0.2, -0.15) is 0 Å². The number of sulfonamides is 1. The van der Waals surface area contributed by atoms with Gasteiger partial charge in [-0.25, -0.2) is 12.7 Å². The summed E-state index contributed by atoms with van der Waals surface area (Å²) in [4.78, 5) is 12.3. The van der Waals surface area contributed by atoms with Crippen LogP contribution >= 0.6 is 0 Å². The molecule has 1 aliphatic heterocycles. The summed E-state index contributed by atoms with van der Waals surface area (Å²) in [6.07, 6.45) is 1.14. The maximum Gasteiger partial charge on any atom is 0.223 e. The van der Waals surface area contributed by atoms with Gasteiger partial charge in [-0.15, -0.1) is 0 Å². The van der Waals surface area contributed by atoms with E-state index in [9.17, 15) is 13.2 Å². The predicted molar refractivity (Wildman–Crippen MR) is 107 cm³/mol. The van der Waals surface area contributed by atoms with Crippen LogP contribution in [-0.2, 0) is 20.2 Å². The smallest absolute Gasteiger partial charge is 0.223 e. The third kappa shape index (κ3) is 5.94. The van der Waals surface area contributed by atoms with Gasteiger partial charge in [0.15, 0.2) is 0 Å². The summed E-state index contributed by atoms with van der Waals surface area (Å²) in [6, 6.07) is 7.96. The van der Waals surface area contributed by atoms with Crippen LogP contribution in [0.5, 0.6) is 5.75 Å². The number of benzene rings is 1. The van der Waals surface area contributed by atoms with Crippen molar-refractivity contribution < 1.29 is 17.9 Å². The van der Waals surface area contributed by atoms with Gasteiger partial charge in [0.05, 0.1) is 12.3 Å². The molecule has 1 aliphatic rings. The van der Waals surface area contributed by atoms with Crippen LogP contribution in [-0.4, -0.2) is 50.6 Å². The van der Waals surface area contributed by atoms with Crippen LogP contribution in [0.25, 0.3) is 0 Å². The van der Waals surface area contributed by atoms with Crippen molar-refractivity contribution in [3.8, 4) is 5.75 Å². The molecule has 6 nitrogen and oxygen atoms in total. The summed E-state index contributed by atoms with van der Waals surface area (Å²) < 4.78 is 31.1. The van der Waals surface area contributed by atoms with Crippen molar-refractivity contribution in [2.75, 3.05) is 32.0 Å². The van der Waals surface area contributed by atoms with Gasteiger partial charge in [0.2, 0.25) is 15.9 Å². The second-order valence-corrected chi connectivity index (χ2v) is 10.2. The van der Waals surface area contributed by atoms with E-state index >= 15 is 0 Å². The molecule has 0 aliphatic carbocycles. The van der Waals surface area contributed by atoms with Crippen molar-refractivity contribution in [3.63, 3.8) is 0 Å². The fraction of sp³-hybridized carbons (Fsp3) is 0.650. The summed E-state index contributed by atoms with van der Waals surface area (Å²) in [6.45, 7) is 9.75. The molecule has 1 fully saturated rings. The number of nitrogens with zero attached hydrogens (tertiary/aromatic N) is 1. The monoisotopic (exact) mass is 396 g/mol. The van der Waals surface area contributed by atoms with Gasteiger partial charge in [0, 0.05) is 19.0 Å². The Bertz CT molecular complexity index is 733. The van der Waals surface area contributed by atoms with Gasteiger partial charge in [-0.1, -0.05) is 39.0 Å². The Kier molecular flexibility index (Phi) is 7.28. The van der Waals surface area contributed by atoms with Crippen molar-refractivity contribution in [2.24, 2.45) is 5.92 Å². The van der Waals surface area contributed by atoms with Gasteiger partial charge >= 0.3 is 0 Å². The van der Waals surface area contributed by atoms with Gasteiger partial charge in [-0.05, 0) is 36.8 Å². The van der Waals surface area contributed by atoms with Crippen molar-refractivity contribution >= 4 is 15.9 Å². The van der Waals surface area contributed by atoms with E-state index in [-0.39, 0.29) is 23.0 Å². The zero-order chi connectivity index (χ0) is 20.1. The molecule has 1 heterocycles. The summed E-state index contributed by atoms with van der Waals surface area (Å²) >= 11 is 0. The number of hydrogen-bond acceptors (Lipinski definition) is 4. The van der Waals surface area contributed by atoms with Gasteiger partial charge < -0.3 is 10.1 Å².